The van der Waals surface area contributed by atoms with E-state index in [-0.39, 0.29) is 11.9 Å². The summed E-state index contributed by atoms with van der Waals surface area (Å²) in [6.45, 7) is 3.78. The topological polar surface area (TPSA) is 9.23 Å². The summed E-state index contributed by atoms with van der Waals surface area (Å²) in [6, 6.07) is 4.08. The van der Waals surface area contributed by atoms with Crippen LogP contribution in [-0.4, -0.2) is 6.10 Å². The summed E-state index contributed by atoms with van der Waals surface area (Å²) >= 11 is 5.71. The summed E-state index contributed by atoms with van der Waals surface area (Å²) < 4.78 is 17.8. The molecule has 0 saturated heterocycles. The Labute approximate surface area is 76.1 Å². The first kappa shape index (κ1) is 9.33. The van der Waals surface area contributed by atoms with Gasteiger partial charge in [-0.2, -0.15) is 0 Å². The molecule has 0 radical (unpaired) electrons. The van der Waals surface area contributed by atoms with E-state index in [2.05, 4.69) is 0 Å². The van der Waals surface area contributed by atoms with Crippen molar-refractivity contribution in [3.05, 3.63) is 29.0 Å². The third-order valence-electron chi connectivity index (χ3n) is 1.26. The predicted octanol–water partition coefficient (Wildman–Crippen LogP) is 3.27. The standard InChI is InChI=1S/C9H10ClFO/c1-6(2)12-9-4-3-7(11)5-8(9)10/h3-6H,1-2H3. The smallest absolute Gasteiger partial charge is 0.138 e. The highest BCUT2D eigenvalue weighted by molar-refractivity contribution is 6.32. The van der Waals surface area contributed by atoms with Gasteiger partial charge in [0.1, 0.15) is 11.6 Å². The maximum absolute atomic E-state index is 12.5. The van der Waals surface area contributed by atoms with E-state index in [0.717, 1.165) is 0 Å². The molecule has 0 aromatic heterocycles. The average molecular weight is 189 g/mol. The minimum absolute atomic E-state index is 0.0490. The van der Waals surface area contributed by atoms with E-state index < -0.39 is 0 Å². The lowest BCUT2D eigenvalue weighted by molar-refractivity contribution is 0.242. The van der Waals surface area contributed by atoms with Gasteiger partial charge in [0, 0.05) is 0 Å². The molecule has 0 aliphatic carbocycles. The van der Waals surface area contributed by atoms with Crippen molar-refractivity contribution in [1.29, 1.82) is 0 Å². The zero-order valence-electron chi connectivity index (χ0n) is 6.97. The van der Waals surface area contributed by atoms with Crippen molar-refractivity contribution in [2.24, 2.45) is 0 Å². The van der Waals surface area contributed by atoms with Crippen molar-refractivity contribution in [1.82, 2.24) is 0 Å². The first-order valence-electron chi connectivity index (χ1n) is 3.71. The van der Waals surface area contributed by atoms with Crippen LogP contribution in [0.2, 0.25) is 5.02 Å². The Morgan fingerprint density at radius 3 is 2.58 bits per heavy atom. The van der Waals surface area contributed by atoms with Gasteiger partial charge in [-0.1, -0.05) is 11.6 Å². The van der Waals surface area contributed by atoms with Gasteiger partial charge in [0.05, 0.1) is 11.1 Å². The Bertz CT molecular complexity index is 273. The molecular weight excluding hydrogens is 179 g/mol. The molecule has 3 heteroatoms. The van der Waals surface area contributed by atoms with Gasteiger partial charge in [-0.05, 0) is 32.0 Å². The molecular formula is C9H10ClFO. The van der Waals surface area contributed by atoms with Crippen LogP contribution < -0.4 is 4.74 Å². The number of ether oxygens (including phenoxy) is 1. The van der Waals surface area contributed by atoms with Crippen LogP contribution >= 0.6 is 11.6 Å². The van der Waals surface area contributed by atoms with Crippen molar-refractivity contribution >= 4 is 11.6 Å². The largest absolute Gasteiger partial charge is 0.489 e. The lowest BCUT2D eigenvalue weighted by atomic mass is 10.3. The number of halogens is 2. The maximum atomic E-state index is 12.5. The van der Waals surface area contributed by atoms with Crippen molar-refractivity contribution in [3.63, 3.8) is 0 Å². The van der Waals surface area contributed by atoms with Crippen LogP contribution in [0.15, 0.2) is 18.2 Å². The highest BCUT2D eigenvalue weighted by atomic mass is 35.5. The second-order valence-electron chi connectivity index (χ2n) is 2.74. The Balaban J connectivity index is 2.86. The molecule has 0 amide bonds. The summed E-state index contributed by atoms with van der Waals surface area (Å²) in [5, 5.41) is 0.309. The molecule has 0 fully saturated rings. The monoisotopic (exact) mass is 188 g/mol. The van der Waals surface area contributed by atoms with Crippen LogP contribution in [0.1, 0.15) is 13.8 Å². The van der Waals surface area contributed by atoms with Gasteiger partial charge in [0.25, 0.3) is 0 Å². The Hall–Kier alpha value is -0.760. The third kappa shape index (κ3) is 2.38. The second kappa shape index (κ2) is 3.76. The molecule has 1 rings (SSSR count). The fraction of sp³-hybridized carbons (Fsp3) is 0.333. The predicted molar refractivity (Wildman–Crippen MR) is 47.2 cm³/mol. The molecule has 0 aliphatic rings. The fourth-order valence-corrected chi connectivity index (χ4v) is 1.04. The minimum atomic E-state index is -0.351. The van der Waals surface area contributed by atoms with Crippen LogP contribution in [0, 0.1) is 5.82 Å². The molecule has 0 heterocycles. The quantitative estimate of drug-likeness (QED) is 0.692. The molecule has 1 aromatic rings. The van der Waals surface area contributed by atoms with Gasteiger partial charge >= 0.3 is 0 Å². The summed E-state index contributed by atoms with van der Waals surface area (Å²) in [7, 11) is 0. The van der Waals surface area contributed by atoms with Crippen molar-refractivity contribution in [2.75, 3.05) is 0 Å². The zero-order chi connectivity index (χ0) is 9.14. The van der Waals surface area contributed by atoms with Crippen molar-refractivity contribution in [3.8, 4) is 5.75 Å². The normalized spacial score (nSPS) is 10.4. The van der Waals surface area contributed by atoms with Crippen LogP contribution in [0.25, 0.3) is 0 Å². The first-order valence-corrected chi connectivity index (χ1v) is 4.09. The molecule has 66 valence electrons. The average Bonchev–Trinajstić information content (AvgIpc) is 1.94. The fourth-order valence-electron chi connectivity index (χ4n) is 0.825. The number of hydrogen-bond donors (Lipinski definition) is 0. The first-order chi connectivity index (χ1) is 5.59. The lowest BCUT2D eigenvalue weighted by Crippen LogP contribution is -2.05. The van der Waals surface area contributed by atoms with Crippen molar-refractivity contribution < 1.29 is 9.13 Å². The molecule has 12 heavy (non-hydrogen) atoms. The summed E-state index contributed by atoms with van der Waals surface area (Å²) in [5.41, 5.74) is 0. The SMILES string of the molecule is CC(C)Oc1ccc(F)cc1Cl. The number of hydrogen-bond acceptors (Lipinski definition) is 1. The lowest BCUT2D eigenvalue weighted by Gasteiger charge is -2.10. The van der Waals surface area contributed by atoms with E-state index >= 15 is 0 Å². The van der Waals surface area contributed by atoms with Crippen LogP contribution in [0.4, 0.5) is 4.39 Å². The molecule has 0 saturated carbocycles. The van der Waals surface area contributed by atoms with E-state index in [9.17, 15) is 4.39 Å². The molecule has 0 spiro atoms. The summed E-state index contributed by atoms with van der Waals surface area (Å²) in [4.78, 5) is 0. The third-order valence-corrected chi connectivity index (χ3v) is 1.55. The van der Waals surface area contributed by atoms with E-state index in [0.29, 0.717) is 10.8 Å². The van der Waals surface area contributed by atoms with E-state index in [1.807, 2.05) is 13.8 Å². The molecule has 0 N–H and O–H groups in total. The van der Waals surface area contributed by atoms with Gasteiger partial charge in [0.15, 0.2) is 0 Å². The highest BCUT2D eigenvalue weighted by Gasteiger charge is 2.03. The summed E-state index contributed by atoms with van der Waals surface area (Å²) in [5.74, 6) is 0.171. The van der Waals surface area contributed by atoms with Gasteiger partial charge in [0.2, 0.25) is 0 Å². The highest BCUT2D eigenvalue weighted by Crippen LogP contribution is 2.25. The molecule has 0 unspecified atom stereocenters. The molecule has 0 atom stereocenters. The van der Waals surface area contributed by atoms with E-state index in [1.54, 1.807) is 0 Å². The maximum Gasteiger partial charge on any atom is 0.138 e. The Morgan fingerprint density at radius 2 is 2.08 bits per heavy atom. The van der Waals surface area contributed by atoms with Gasteiger partial charge in [-0.25, -0.2) is 4.39 Å². The molecule has 1 aromatic carbocycles. The van der Waals surface area contributed by atoms with E-state index in [4.69, 9.17) is 16.3 Å². The molecule has 0 bridgehead atoms. The van der Waals surface area contributed by atoms with E-state index in [1.165, 1.54) is 18.2 Å². The molecule has 1 nitrogen and oxygen atoms in total. The van der Waals surface area contributed by atoms with Gasteiger partial charge < -0.3 is 4.74 Å². The number of benzene rings is 1. The van der Waals surface area contributed by atoms with Gasteiger partial charge in [-0.3, -0.25) is 0 Å². The zero-order valence-corrected chi connectivity index (χ0v) is 7.73. The summed E-state index contributed by atoms with van der Waals surface area (Å²) in [6.07, 6.45) is 0.0490. The van der Waals surface area contributed by atoms with Crippen LogP contribution in [-0.2, 0) is 0 Å². The Kier molecular flexibility index (Phi) is 2.93. The number of rotatable bonds is 2. The van der Waals surface area contributed by atoms with Gasteiger partial charge in [-0.15, -0.1) is 0 Å². The second-order valence-corrected chi connectivity index (χ2v) is 3.15. The Morgan fingerprint density at radius 1 is 1.42 bits per heavy atom. The van der Waals surface area contributed by atoms with Crippen molar-refractivity contribution in [2.45, 2.75) is 20.0 Å². The minimum Gasteiger partial charge on any atom is -0.489 e. The molecule has 0 aliphatic heterocycles. The van der Waals surface area contributed by atoms with Crippen LogP contribution in [0.5, 0.6) is 5.75 Å². The van der Waals surface area contributed by atoms with Crippen LogP contribution in [0.3, 0.4) is 0 Å².